The topological polar surface area (TPSA) is 31.2 Å². The highest BCUT2D eigenvalue weighted by atomic mass is 19.1. The number of benzene rings is 2. The number of ether oxygens (including phenoxy) is 1. The molecule has 0 saturated heterocycles. The molecular weight excluding hydrogens is 305 g/mol. The van der Waals surface area contributed by atoms with Crippen LogP contribution < -0.4 is 0 Å². The highest BCUT2D eigenvalue weighted by Crippen LogP contribution is 2.30. The maximum absolute atomic E-state index is 13.6. The Bertz CT molecular complexity index is 883. The molecule has 122 valence electrons. The minimum atomic E-state index is -0.433. The van der Waals surface area contributed by atoms with Gasteiger partial charge in [0.25, 0.3) is 0 Å². The van der Waals surface area contributed by atoms with Gasteiger partial charge in [-0.25, -0.2) is 9.18 Å². The van der Waals surface area contributed by atoms with Crippen LogP contribution in [0.5, 0.6) is 0 Å². The fourth-order valence-corrected chi connectivity index (χ4v) is 2.91. The zero-order valence-corrected chi connectivity index (χ0v) is 13.4. The average Bonchev–Trinajstić information content (AvgIpc) is 2.95. The maximum atomic E-state index is 13.6. The molecule has 0 fully saturated rings. The van der Waals surface area contributed by atoms with Gasteiger partial charge in [0.2, 0.25) is 0 Å². The quantitative estimate of drug-likeness (QED) is 0.502. The molecule has 0 aliphatic heterocycles. The molecule has 0 aliphatic carbocycles. The Morgan fingerprint density at radius 3 is 2.67 bits per heavy atom. The maximum Gasteiger partial charge on any atom is 0.355 e. The third-order valence-corrected chi connectivity index (χ3v) is 3.93. The van der Waals surface area contributed by atoms with E-state index in [9.17, 15) is 9.18 Å². The number of allylic oxidation sites excluding steroid dienone is 1. The standard InChI is InChI=1S/C20H18FNO2/c1-3-17(14-8-6-5-7-9-14)22-18-11-10-16(21)12-15(18)13-19(22)20(23)24-4-2/h3,5-13,17H,1,4H2,2H3/t17-/m1/s1. The van der Waals surface area contributed by atoms with Crippen molar-refractivity contribution >= 4 is 16.9 Å². The van der Waals surface area contributed by atoms with Crippen molar-refractivity contribution in [1.29, 1.82) is 0 Å². The molecule has 0 saturated carbocycles. The average molecular weight is 323 g/mol. The lowest BCUT2D eigenvalue weighted by Gasteiger charge is -2.19. The van der Waals surface area contributed by atoms with Crippen molar-refractivity contribution in [3.05, 3.63) is 84.3 Å². The second-order valence-corrected chi connectivity index (χ2v) is 5.41. The Hall–Kier alpha value is -2.88. The van der Waals surface area contributed by atoms with Crippen molar-refractivity contribution in [2.45, 2.75) is 13.0 Å². The number of esters is 1. The van der Waals surface area contributed by atoms with E-state index in [-0.39, 0.29) is 18.5 Å². The Labute approximate surface area is 140 Å². The fraction of sp³-hybridized carbons (Fsp3) is 0.150. The largest absolute Gasteiger partial charge is 0.461 e. The normalized spacial score (nSPS) is 12.1. The van der Waals surface area contributed by atoms with Gasteiger partial charge in [-0.2, -0.15) is 0 Å². The Morgan fingerprint density at radius 1 is 1.25 bits per heavy atom. The summed E-state index contributed by atoms with van der Waals surface area (Å²) < 4.78 is 20.6. The summed E-state index contributed by atoms with van der Waals surface area (Å²) in [7, 11) is 0. The van der Waals surface area contributed by atoms with E-state index < -0.39 is 5.97 Å². The van der Waals surface area contributed by atoms with Gasteiger partial charge in [-0.15, -0.1) is 6.58 Å². The first-order valence-corrected chi connectivity index (χ1v) is 7.80. The second kappa shape index (κ2) is 6.71. The van der Waals surface area contributed by atoms with Crippen LogP contribution in [0.1, 0.15) is 29.0 Å². The second-order valence-electron chi connectivity index (χ2n) is 5.41. The minimum absolute atomic E-state index is 0.256. The van der Waals surface area contributed by atoms with Crippen molar-refractivity contribution in [3.8, 4) is 0 Å². The van der Waals surface area contributed by atoms with Crippen LogP contribution in [0.2, 0.25) is 0 Å². The third kappa shape index (κ3) is 2.83. The first-order valence-electron chi connectivity index (χ1n) is 7.80. The Balaban J connectivity index is 2.25. The van der Waals surface area contributed by atoms with E-state index in [4.69, 9.17) is 4.74 Å². The van der Waals surface area contributed by atoms with E-state index in [2.05, 4.69) is 6.58 Å². The van der Waals surface area contributed by atoms with Gasteiger partial charge < -0.3 is 9.30 Å². The van der Waals surface area contributed by atoms with Crippen LogP contribution in [0.15, 0.2) is 67.3 Å². The molecule has 0 spiro atoms. The van der Waals surface area contributed by atoms with Crippen LogP contribution in [0.25, 0.3) is 10.9 Å². The molecule has 24 heavy (non-hydrogen) atoms. The van der Waals surface area contributed by atoms with Gasteiger partial charge in [0.1, 0.15) is 11.5 Å². The number of rotatable bonds is 5. The molecular formula is C20H18FNO2. The number of fused-ring (bicyclic) bond motifs is 1. The number of carbonyl (C=O) groups is 1. The van der Waals surface area contributed by atoms with Crippen LogP contribution in [0, 0.1) is 5.82 Å². The van der Waals surface area contributed by atoms with Crippen molar-refractivity contribution in [3.63, 3.8) is 0 Å². The van der Waals surface area contributed by atoms with Crippen LogP contribution in [0.3, 0.4) is 0 Å². The number of carbonyl (C=O) groups excluding carboxylic acids is 1. The molecule has 0 unspecified atom stereocenters. The van der Waals surface area contributed by atoms with E-state index >= 15 is 0 Å². The summed E-state index contributed by atoms with van der Waals surface area (Å²) in [6.07, 6.45) is 1.76. The monoisotopic (exact) mass is 323 g/mol. The summed E-state index contributed by atoms with van der Waals surface area (Å²) in [5, 5.41) is 0.654. The van der Waals surface area contributed by atoms with Crippen molar-refractivity contribution < 1.29 is 13.9 Å². The summed E-state index contributed by atoms with van der Waals surface area (Å²) >= 11 is 0. The Morgan fingerprint density at radius 2 is 2.00 bits per heavy atom. The van der Waals surface area contributed by atoms with Crippen molar-refractivity contribution in [1.82, 2.24) is 4.57 Å². The van der Waals surface area contributed by atoms with Crippen LogP contribution in [-0.4, -0.2) is 17.1 Å². The van der Waals surface area contributed by atoms with Gasteiger partial charge in [0.05, 0.1) is 12.6 Å². The number of hydrogen-bond donors (Lipinski definition) is 0. The van der Waals surface area contributed by atoms with E-state index in [0.29, 0.717) is 11.1 Å². The SMILES string of the molecule is C=C[C@H](c1ccccc1)n1c(C(=O)OCC)cc2cc(F)ccc21. The van der Waals surface area contributed by atoms with Gasteiger partial charge in [-0.1, -0.05) is 36.4 Å². The highest BCUT2D eigenvalue weighted by Gasteiger charge is 2.22. The lowest BCUT2D eigenvalue weighted by Crippen LogP contribution is -2.16. The summed E-state index contributed by atoms with van der Waals surface area (Å²) in [6, 6.07) is 15.6. The van der Waals surface area contributed by atoms with Gasteiger partial charge in [0.15, 0.2) is 0 Å². The number of aromatic nitrogens is 1. The molecule has 0 radical (unpaired) electrons. The lowest BCUT2D eigenvalue weighted by atomic mass is 10.1. The third-order valence-electron chi connectivity index (χ3n) is 3.93. The van der Waals surface area contributed by atoms with Crippen LogP contribution in [-0.2, 0) is 4.74 Å². The summed E-state index contributed by atoms with van der Waals surface area (Å²) in [5.74, 6) is -0.776. The van der Waals surface area contributed by atoms with E-state index in [1.165, 1.54) is 12.1 Å². The number of hydrogen-bond acceptors (Lipinski definition) is 2. The Kier molecular flexibility index (Phi) is 4.47. The summed E-state index contributed by atoms with van der Waals surface area (Å²) in [5.41, 5.74) is 2.12. The molecule has 2 aromatic carbocycles. The van der Waals surface area contributed by atoms with Gasteiger partial charge in [-0.3, -0.25) is 0 Å². The molecule has 4 heteroatoms. The fourth-order valence-electron chi connectivity index (χ4n) is 2.91. The molecule has 0 amide bonds. The van der Waals surface area contributed by atoms with Gasteiger partial charge in [0, 0.05) is 10.9 Å². The van der Waals surface area contributed by atoms with Gasteiger partial charge in [-0.05, 0) is 36.8 Å². The van der Waals surface area contributed by atoms with Crippen LogP contribution in [0.4, 0.5) is 4.39 Å². The zero-order valence-electron chi connectivity index (χ0n) is 13.4. The predicted octanol–water partition coefficient (Wildman–Crippen LogP) is 4.73. The molecule has 0 N–H and O–H groups in total. The summed E-state index contributed by atoms with van der Waals surface area (Å²) in [6.45, 7) is 5.95. The molecule has 0 aliphatic rings. The van der Waals surface area contributed by atoms with Crippen molar-refractivity contribution in [2.75, 3.05) is 6.61 Å². The molecule has 1 atom stereocenters. The zero-order chi connectivity index (χ0) is 17.1. The van der Waals surface area contributed by atoms with E-state index in [1.54, 1.807) is 25.1 Å². The first-order chi connectivity index (χ1) is 11.7. The molecule has 3 aromatic rings. The van der Waals surface area contributed by atoms with Gasteiger partial charge >= 0.3 is 5.97 Å². The molecule has 3 nitrogen and oxygen atoms in total. The molecule has 1 heterocycles. The first kappa shape index (κ1) is 16.0. The number of nitrogens with zero attached hydrogens (tertiary/aromatic N) is 1. The molecule has 1 aromatic heterocycles. The number of halogens is 1. The molecule has 3 rings (SSSR count). The summed E-state index contributed by atoms with van der Waals surface area (Å²) in [4.78, 5) is 12.4. The highest BCUT2D eigenvalue weighted by molar-refractivity contribution is 5.96. The van der Waals surface area contributed by atoms with E-state index in [1.807, 2.05) is 34.9 Å². The predicted molar refractivity (Wildman–Crippen MR) is 92.6 cm³/mol. The van der Waals surface area contributed by atoms with Crippen molar-refractivity contribution in [2.24, 2.45) is 0 Å². The minimum Gasteiger partial charge on any atom is -0.461 e. The molecule has 0 bridgehead atoms. The lowest BCUT2D eigenvalue weighted by molar-refractivity contribution is 0.0514. The van der Waals surface area contributed by atoms with E-state index in [0.717, 1.165) is 11.1 Å². The smallest absolute Gasteiger partial charge is 0.355 e. The van der Waals surface area contributed by atoms with Crippen LogP contribution >= 0.6 is 0 Å².